The van der Waals surface area contributed by atoms with E-state index in [2.05, 4.69) is 33.8 Å². The van der Waals surface area contributed by atoms with Crippen molar-refractivity contribution < 1.29 is 0 Å². The molecule has 0 aliphatic carbocycles. The van der Waals surface area contributed by atoms with Crippen LogP contribution in [0.1, 0.15) is 13.3 Å². The van der Waals surface area contributed by atoms with E-state index in [4.69, 9.17) is 0 Å². The largest absolute Gasteiger partial charge is 0.369 e. The zero-order chi connectivity index (χ0) is 10.9. The van der Waals surface area contributed by atoms with Crippen molar-refractivity contribution in [3.63, 3.8) is 0 Å². The smallest absolute Gasteiger partial charge is 0.224 e. The van der Waals surface area contributed by atoms with E-state index in [-0.39, 0.29) is 0 Å². The van der Waals surface area contributed by atoms with Gasteiger partial charge in [0.1, 0.15) is 5.82 Å². The van der Waals surface area contributed by atoms with Crippen molar-refractivity contribution in [3.8, 4) is 0 Å². The molecule has 0 aliphatic heterocycles. The predicted molar refractivity (Wildman–Crippen MR) is 67.7 cm³/mol. The van der Waals surface area contributed by atoms with Crippen LogP contribution in [0.3, 0.4) is 0 Å². The second-order valence-corrected chi connectivity index (χ2v) is 4.10. The summed E-state index contributed by atoms with van der Waals surface area (Å²) in [6.07, 6.45) is 4.94. The first kappa shape index (κ1) is 12.1. The molecule has 0 spiro atoms. The lowest BCUT2D eigenvalue weighted by Gasteiger charge is -2.06. The second kappa shape index (κ2) is 7.34. The van der Waals surface area contributed by atoms with Gasteiger partial charge in [0.2, 0.25) is 5.95 Å². The van der Waals surface area contributed by atoms with E-state index < -0.39 is 0 Å². The summed E-state index contributed by atoms with van der Waals surface area (Å²) in [6, 6.07) is 1.89. The number of nitrogens with zero attached hydrogens (tertiary/aromatic N) is 2. The summed E-state index contributed by atoms with van der Waals surface area (Å²) in [5, 5.41) is 6.41. The van der Waals surface area contributed by atoms with Crippen LogP contribution < -0.4 is 10.6 Å². The Morgan fingerprint density at radius 3 is 2.93 bits per heavy atom. The fourth-order valence-electron chi connectivity index (χ4n) is 1.06. The molecule has 0 aliphatic rings. The van der Waals surface area contributed by atoms with Crippen LogP contribution in [0.15, 0.2) is 12.3 Å². The SMILES string of the molecule is CCCNc1nccc(NCCSC)n1. The molecule has 0 saturated carbocycles. The van der Waals surface area contributed by atoms with Crippen LogP contribution >= 0.6 is 11.8 Å². The van der Waals surface area contributed by atoms with Gasteiger partial charge in [-0.3, -0.25) is 0 Å². The first-order chi connectivity index (χ1) is 7.36. The van der Waals surface area contributed by atoms with Crippen LogP contribution in [-0.2, 0) is 0 Å². The van der Waals surface area contributed by atoms with Gasteiger partial charge in [-0.25, -0.2) is 4.98 Å². The monoisotopic (exact) mass is 226 g/mol. The Bertz CT molecular complexity index is 280. The van der Waals surface area contributed by atoms with Gasteiger partial charge in [-0.15, -0.1) is 0 Å². The highest BCUT2D eigenvalue weighted by Gasteiger charge is 1.96. The average molecular weight is 226 g/mol. The fraction of sp³-hybridized carbons (Fsp3) is 0.600. The minimum atomic E-state index is 0.700. The number of aromatic nitrogens is 2. The van der Waals surface area contributed by atoms with Crippen molar-refractivity contribution in [2.75, 3.05) is 35.7 Å². The highest BCUT2D eigenvalue weighted by atomic mass is 32.2. The van der Waals surface area contributed by atoms with Crippen LogP contribution in [0.4, 0.5) is 11.8 Å². The Balaban J connectivity index is 2.42. The molecule has 0 fully saturated rings. The molecule has 2 N–H and O–H groups in total. The van der Waals surface area contributed by atoms with Gasteiger partial charge in [0.15, 0.2) is 0 Å². The number of thioether (sulfide) groups is 1. The van der Waals surface area contributed by atoms with Gasteiger partial charge in [0.05, 0.1) is 0 Å². The van der Waals surface area contributed by atoms with Crippen LogP contribution in [0.2, 0.25) is 0 Å². The second-order valence-electron chi connectivity index (χ2n) is 3.11. The van der Waals surface area contributed by atoms with E-state index in [9.17, 15) is 0 Å². The topological polar surface area (TPSA) is 49.8 Å². The predicted octanol–water partition coefficient (Wildman–Crippen LogP) is 2.07. The van der Waals surface area contributed by atoms with E-state index in [1.54, 1.807) is 6.20 Å². The van der Waals surface area contributed by atoms with Crippen molar-refractivity contribution >= 4 is 23.5 Å². The third-order valence-corrected chi connectivity index (χ3v) is 2.41. The molecule has 0 radical (unpaired) electrons. The van der Waals surface area contributed by atoms with E-state index in [1.165, 1.54) is 0 Å². The van der Waals surface area contributed by atoms with Gasteiger partial charge < -0.3 is 10.6 Å². The molecular formula is C10H18N4S. The normalized spacial score (nSPS) is 10.0. The minimum absolute atomic E-state index is 0.700. The Morgan fingerprint density at radius 2 is 2.20 bits per heavy atom. The Kier molecular flexibility index (Phi) is 5.92. The van der Waals surface area contributed by atoms with Gasteiger partial charge >= 0.3 is 0 Å². The highest BCUT2D eigenvalue weighted by Crippen LogP contribution is 2.05. The van der Waals surface area contributed by atoms with Gasteiger partial charge in [-0.05, 0) is 18.7 Å². The number of rotatable bonds is 7. The van der Waals surface area contributed by atoms with Crippen LogP contribution in [-0.4, -0.2) is 35.1 Å². The van der Waals surface area contributed by atoms with Gasteiger partial charge in [0.25, 0.3) is 0 Å². The summed E-state index contributed by atoms with van der Waals surface area (Å²) in [7, 11) is 0. The van der Waals surface area contributed by atoms with Gasteiger partial charge in [-0.2, -0.15) is 16.7 Å². The molecular weight excluding hydrogens is 208 g/mol. The summed E-state index contributed by atoms with van der Waals surface area (Å²) in [6.45, 7) is 3.97. The maximum absolute atomic E-state index is 4.34. The standard InChI is InChI=1S/C10H18N4S/c1-3-5-12-10-13-6-4-9(14-10)11-7-8-15-2/h4,6H,3,5,7-8H2,1-2H3,(H2,11,12,13,14). The molecule has 0 bridgehead atoms. The molecule has 0 unspecified atom stereocenters. The molecule has 15 heavy (non-hydrogen) atoms. The average Bonchev–Trinajstić information content (AvgIpc) is 2.27. The number of anilines is 2. The molecule has 0 aromatic carbocycles. The molecule has 1 aromatic heterocycles. The molecule has 1 aromatic rings. The van der Waals surface area contributed by atoms with Gasteiger partial charge in [-0.1, -0.05) is 6.92 Å². The lowest BCUT2D eigenvalue weighted by molar-refractivity contribution is 0.951. The molecule has 0 amide bonds. The highest BCUT2D eigenvalue weighted by molar-refractivity contribution is 7.98. The lowest BCUT2D eigenvalue weighted by Crippen LogP contribution is -2.09. The summed E-state index contributed by atoms with van der Waals surface area (Å²) in [5.74, 6) is 2.67. The van der Waals surface area contributed by atoms with Crippen LogP contribution in [0.25, 0.3) is 0 Å². The Morgan fingerprint density at radius 1 is 1.33 bits per heavy atom. The number of hydrogen-bond acceptors (Lipinski definition) is 5. The maximum atomic E-state index is 4.34. The minimum Gasteiger partial charge on any atom is -0.369 e. The first-order valence-electron chi connectivity index (χ1n) is 5.16. The quantitative estimate of drug-likeness (QED) is 0.697. The van der Waals surface area contributed by atoms with Crippen molar-refractivity contribution in [2.45, 2.75) is 13.3 Å². The van der Waals surface area contributed by atoms with E-state index >= 15 is 0 Å². The maximum Gasteiger partial charge on any atom is 0.224 e. The lowest BCUT2D eigenvalue weighted by atomic mass is 10.5. The molecule has 0 saturated heterocycles. The zero-order valence-corrected chi connectivity index (χ0v) is 10.1. The van der Waals surface area contributed by atoms with Crippen molar-refractivity contribution in [3.05, 3.63) is 12.3 Å². The third kappa shape index (κ3) is 4.88. The van der Waals surface area contributed by atoms with Crippen molar-refractivity contribution in [1.82, 2.24) is 9.97 Å². The Labute approximate surface area is 95.3 Å². The molecule has 5 heteroatoms. The van der Waals surface area contributed by atoms with Crippen molar-refractivity contribution in [2.24, 2.45) is 0 Å². The van der Waals surface area contributed by atoms with E-state index in [1.807, 2.05) is 17.8 Å². The summed E-state index contributed by atoms with van der Waals surface area (Å²) in [5.41, 5.74) is 0. The number of nitrogens with one attached hydrogen (secondary N) is 2. The first-order valence-corrected chi connectivity index (χ1v) is 6.56. The summed E-state index contributed by atoms with van der Waals surface area (Å²) >= 11 is 1.82. The zero-order valence-electron chi connectivity index (χ0n) is 9.29. The van der Waals surface area contributed by atoms with Crippen molar-refractivity contribution in [1.29, 1.82) is 0 Å². The molecule has 0 atom stereocenters. The third-order valence-electron chi connectivity index (χ3n) is 1.80. The summed E-state index contributed by atoms with van der Waals surface area (Å²) < 4.78 is 0. The van der Waals surface area contributed by atoms with E-state index in [0.29, 0.717) is 5.95 Å². The fourth-order valence-corrected chi connectivity index (χ4v) is 1.37. The van der Waals surface area contributed by atoms with Crippen LogP contribution in [0.5, 0.6) is 0 Å². The number of hydrogen-bond donors (Lipinski definition) is 2. The van der Waals surface area contributed by atoms with E-state index in [0.717, 1.165) is 31.1 Å². The van der Waals surface area contributed by atoms with Gasteiger partial charge in [0, 0.05) is 25.0 Å². The molecule has 1 heterocycles. The Hall–Kier alpha value is -0.970. The molecule has 1 rings (SSSR count). The summed E-state index contributed by atoms with van der Waals surface area (Å²) in [4.78, 5) is 8.48. The molecule has 84 valence electrons. The molecule has 4 nitrogen and oxygen atoms in total. The van der Waals surface area contributed by atoms with Crippen LogP contribution in [0, 0.1) is 0 Å².